The van der Waals surface area contributed by atoms with Gasteiger partial charge in [0.15, 0.2) is 0 Å². The zero-order valence-corrected chi connectivity index (χ0v) is 15.5. The van der Waals surface area contributed by atoms with Gasteiger partial charge in [0.2, 0.25) is 0 Å². The fraction of sp³-hybridized carbons (Fsp3) is 0.333. The summed E-state index contributed by atoms with van der Waals surface area (Å²) in [6, 6.07) is 15.8. The predicted octanol–water partition coefficient (Wildman–Crippen LogP) is 2.54. The molecule has 0 radical (unpaired) electrons. The van der Waals surface area contributed by atoms with Crippen molar-refractivity contribution >= 4 is 17.4 Å². The third-order valence-electron chi connectivity index (χ3n) is 5.22. The maximum Gasteiger partial charge on any atom is 0.324 e. The lowest BCUT2D eigenvalue weighted by Crippen LogP contribution is -2.47. The first-order chi connectivity index (χ1) is 13.2. The lowest BCUT2D eigenvalue weighted by Gasteiger charge is -2.39. The van der Waals surface area contributed by atoms with Crippen molar-refractivity contribution < 1.29 is 4.79 Å². The summed E-state index contributed by atoms with van der Waals surface area (Å²) in [6.07, 6.45) is 0. The van der Waals surface area contributed by atoms with Gasteiger partial charge in [0.1, 0.15) is 0 Å². The summed E-state index contributed by atoms with van der Waals surface area (Å²) in [5, 5.41) is 12.5. The SMILES string of the molecule is CN1Cc2c(N3CCNCC3)cccc2N(Cc2cccc(C#N)c2)C1=O. The lowest BCUT2D eigenvalue weighted by molar-refractivity contribution is 0.210. The molecule has 0 bridgehead atoms. The molecule has 1 saturated heterocycles. The van der Waals surface area contributed by atoms with E-state index in [0.717, 1.165) is 37.4 Å². The molecule has 2 aliphatic rings. The number of fused-ring (bicyclic) bond motifs is 1. The molecule has 2 aromatic carbocycles. The Morgan fingerprint density at radius 3 is 2.63 bits per heavy atom. The van der Waals surface area contributed by atoms with Gasteiger partial charge in [0.05, 0.1) is 30.4 Å². The molecule has 0 aliphatic carbocycles. The summed E-state index contributed by atoms with van der Waals surface area (Å²) >= 11 is 0. The number of anilines is 2. The van der Waals surface area contributed by atoms with Crippen LogP contribution in [-0.2, 0) is 13.1 Å². The highest BCUT2D eigenvalue weighted by Crippen LogP contribution is 2.36. The van der Waals surface area contributed by atoms with Crippen LogP contribution in [-0.4, -0.2) is 44.2 Å². The van der Waals surface area contributed by atoms with Gasteiger partial charge in [-0.05, 0) is 29.8 Å². The van der Waals surface area contributed by atoms with E-state index in [1.165, 1.54) is 11.3 Å². The zero-order chi connectivity index (χ0) is 18.8. The normalized spacial score (nSPS) is 16.9. The molecule has 2 heterocycles. The molecule has 27 heavy (non-hydrogen) atoms. The fourth-order valence-corrected chi connectivity index (χ4v) is 3.87. The lowest BCUT2D eigenvalue weighted by atomic mass is 10.0. The molecule has 0 aromatic heterocycles. The highest BCUT2D eigenvalue weighted by Gasteiger charge is 2.31. The zero-order valence-electron chi connectivity index (χ0n) is 15.5. The topological polar surface area (TPSA) is 62.6 Å². The number of urea groups is 1. The Kier molecular flexibility index (Phi) is 4.69. The number of piperazine rings is 1. The van der Waals surface area contributed by atoms with E-state index in [-0.39, 0.29) is 6.03 Å². The second kappa shape index (κ2) is 7.29. The number of benzene rings is 2. The summed E-state index contributed by atoms with van der Waals surface area (Å²) in [6.45, 7) is 4.96. The number of rotatable bonds is 3. The summed E-state index contributed by atoms with van der Waals surface area (Å²) in [7, 11) is 1.85. The Hall–Kier alpha value is -3.04. The molecule has 6 nitrogen and oxygen atoms in total. The maximum atomic E-state index is 12.9. The van der Waals surface area contributed by atoms with Gasteiger partial charge >= 0.3 is 6.03 Å². The van der Waals surface area contributed by atoms with Crippen molar-refractivity contribution in [2.24, 2.45) is 0 Å². The van der Waals surface area contributed by atoms with Crippen LogP contribution in [0, 0.1) is 11.3 Å². The number of carbonyl (C=O) groups excluding carboxylic acids is 1. The molecular weight excluding hydrogens is 338 g/mol. The summed E-state index contributed by atoms with van der Waals surface area (Å²) in [4.78, 5) is 18.9. The summed E-state index contributed by atoms with van der Waals surface area (Å²) < 4.78 is 0. The molecule has 4 rings (SSSR count). The minimum absolute atomic E-state index is 0.0117. The first kappa shape index (κ1) is 17.4. The molecular formula is C21H23N5O. The van der Waals surface area contributed by atoms with Gasteiger partial charge in [0, 0.05) is 44.5 Å². The largest absolute Gasteiger partial charge is 0.369 e. The van der Waals surface area contributed by atoms with E-state index in [0.29, 0.717) is 18.7 Å². The number of nitrogens with one attached hydrogen (secondary N) is 1. The quantitative estimate of drug-likeness (QED) is 0.913. The van der Waals surface area contributed by atoms with E-state index in [1.54, 1.807) is 11.0 Å². The van der Waals surface area contributed by atoms with E-state index in [1.807, 2.05) is 42.3 Å². The smallest absolute Gasteiger partial charge is 0.324 e. The fourth-order valence-electron chi connectivity index (χ4n) is 3.87. The van der Waals surface area contributed by atoms with Crippen molar-refractivity contribution in [1.29, 1.82) is 5.26 Å². The average molecular weight is 361 g/mol. The van der Waals surface area contributed by atoms with Gasteiger partial charge < -0.3 is 15.1 Å². The first-order valence-electron chi connectivity index (χ1n) is 9.26. The molecule has 0 unspecified atom stereocenters. The Labute approximate surface area is 159 Å². The van der Waals surface area contributed by atoms with Crippen LogP contribution in [0.15, 0.2) is 42.5 Å². The Balaban J connectivity index is 1.71. The van der Waals surface area contributed by atoms with Crippen molar-refractivity contribution in [2.45, 2.75) is 13.1 Å². The predicted molar refractivity (Wildman–Crippen MR) is 106 cm³/mol. The highest BCUT2D eigenvalue weighted by molar-refractivity contribution is 5.96. The van der Waals surface area contributed by atoms with E-state index in [4.69, 9.17) is 5.26 Å². The second-order valence-electron chi connectivity index (χ2n) is 7.05. The maximum absolute atomic E-state index is 12.9. The second-order valence-corrected chi connectivity index (χ2v) is 7.05. The van der Waals surface area contributed by atoms with Gasteiger partial charge in [-0.1, -0.05) is 18.2 Å². The van der Waals surface area contributed by atoms with E-state index in [2.05, 4.69) is 22.4 Å². The Morgan fingerprint density at radius 1 is 1.11 bits per heavy atom. The molecule has 1 N–H and O–H groups in total. The molecule has 0 saturated carbocycles. The van der Waals surface area contributed by atoms with Gasteiger partial charge in [-0.15, -0.1) is 0 Å². The third-order valence-corrected chi connectivity index (χ3v) is 5.22. The monoisotopic (exact) mass is 361 g/mol. The Bertz CT molecular complexity index is 898. The standard InChI is InChI=1S/C21H23N5O/c1-24-15-18-19(25-10-8-23-9-11-25)6-3-7-20(18)26(21(24)27)14-17-5-2-4-16(12-17)13-22/h2-7,12,23H,8-11,14-15H2,1H3. The van der Waals surface area contributed by atoms with E-state index < -0.39 is 0 Å². The van der Waals surface area contributed by atoms with Crippen LogP contribution in [0.1, 0.15) is 16.7 Å². The number of carbonyl (C=O) groups is 1. The number of amides is 2. The molecule has 2 aliphatic heterocycles. The van der Waals surface area contributed by atoms with Crippen molar-refractivity contribution in [1.82, 2.24) is 10.2 Å². The number of nitriles is 1. The van der Waals surface area contributed by atoms with Crippen molar-refractivity contribution in [3.63, 3.8) is 0 Å². The van der Waals surface area contributed by atoms with Crippen LogP contribution in [0.4, 0.5) is 16.2 Å². The molecule has 138 valence electrons. The van der Waals surface area contributed by atoms with Crippen LogP contribution < -0.4 is 15.1 Å². The molecule has 1 fully saturated rings. The summed E-state index contributed by atoms with van der Waals surface area (Å²) in [5.74, 6) is 0. The minimum atomic E-state index is -0.0117. The van der Waals surface area contributed by atoms with Crippen LogP contribution >= 0.6 is 0 Å². The van der Waals surface area contributed by atoms with Gasteiger partial charge in [-0.25, -0.2) is 4.79 Å². The number of hydrogen-bond acceptors (Lipinski definition) is 4. The van der Waals surface area contributed by atoms with Gasteiger partial charge in [-0.2, -0.15) is 5.26 Å². The van der Waals surface area contributed by atoms with Crippen molar-refractivity contribution in [2.75, 3.05) is 43.0 Å². The average Bonchev–Trinajstić information content (AvgIpc) is 2.72. The first-order valence-corrected chi connectivity index (χ1v) is 9.26. The Morgan fingerprint density at radius 2 is 1.85 bits per heavy atom. The highest BCUT2D eigenvalue weighted by atomic mass is 16.2. The van der Waals surface area contributed by atoms with Crippen molar-refractivity contribution in [3.8, 4) is 6.07 Å². The van der Waals surface area contributed by atoms with Crippen LogP contribution in [0.25, 0.3) is 0 Å². The molecule has 2 amide bonds. The molecule has 2 aromatic rings. The number of hydrogen-bond donors (Lipinski definition) is 1. The third kappa shape index (κ3) is 3.34. The van der Waals surface area contributed by atoms with E-state index >= 15 is 0 Å². The van der Waals surface area contributed by atoms with Crippen molar-refractivity contribution in [3.05, 3.63) is 59.2 Å². The van der Waals surface area contributed by atoms with E-state index in [9.17, 15) is 4.79 Å². The minimum Gasteiger partial charge on any atom is -0.369 e. The summed E-state index contributed by atoms with van der Waals surface area (Å²) in [5.41, 5.74) is 4.94. The van der Waals surface area contributed by atoms with Gasteiger partial charge in [0.25, 0.3) is 0 Å². The molecule has 6 heteroatoms. The van der Waals surface area contributed by atoms with Gasteiger partial charge in [-0.3, -0.25) is 4.90 Å². The van der Waals surface area contributed by atoms with Crippen LogP contribution in [0.5, 0.6) is 0 Å². The number of nitrogens with zero attached hydrogens (tertiary/aromatic N) is 4. The molecule has 0 spiro atoms. The van der Waals surface area contributed by atoms with Crippen LogP contribution in [0.2, 0.25) is 0 Å². The molecule has 0 atom stereocenters. The van der Waals surface area contributed by atoms with Crippen LogP contribution in [0.3, 0.4) is 0 Å².